The van der Waals surface area contributed by atoms with E-state index < -0.39 is 0 Å². The summed E-state index contributed by atoms with van der Waals surface area (Å²) < 4.78 is 5.36. The van der Waals surface area contributed by atoms with E-state index >= 15 is 0 Å². The molecule has 2 aliphatic heterocycles. The first-order valence-electron chi connectivity index (χ1n) is 11.5. The highest BCUT2D eigenvalue weighted by Gasteiger charge is 2.43. The van der Waals surface area contributed by atoms with Crippen molar-refractivity contribution in [3.8, 4) is 6.07 Å². The summed E-state index contributed by atoms with van der Waals surface area (Å²) in [6, 6.07) is 14.9. The first kappa shape index (κ1) is 19.7. The minimum absolute atomic E-state index is 0.124. The minimum atomic E-state index is -0.231. The van der Waals surface area contributed by atoms with Crippen LogP contribution in [0.2, 0.25) is 0 Å². The van der Waals surface area contributed by atoms with Gasteiger partial charge < -0.3 is 9.64 Å². The van der Waals surface area contributed by atoms with Crippen molar-refractivity contribution in [2.45, 2.75) is 31.7 Å². The quantitative estimate of drug-likeness (QED) is 0.736. The van der Waals surface area contributed by atoms with Crippen molar-refractivity contribution >= 4 is 17.0 Å². The zero-order valence-corrected chi connectivity index (χ0v) is 18.6. The molecule has 32 heavy (non-hydrogen) atoms. The average molecular weight is 426 g/mol. The lowest BCUT2D eigenvalue weighted by Gasteiger charge is -2.43. The van der Waals surface area contributed by atoms with Crippen LogP contribution in [0.5, 0.6) is 0 Å². The Hall–Kier alpha value is -2.94. The van der Waals surface area contributed by atoms with Crippen molar-refractivity contribution in [2.24, 2.45) is 0 Å². The van der Waals surface area contributed by atoms with E-state index in [0.29, 0.717) is 11.6 Å². The number of anilines is 1. The summed E-state index contributed by atoms with van der Waals surface area (Å²) in [7, 11) is 0. The number of ketones is 1. The first-order chi connectivity index (χ1) is 15.5. The molecule has 0 bridgehead atoms. The van der Waals surface area contributed by atoms with Gasteiger partial charge in [-0.1, -0.05) is 19.9 Å². The fourth-order valence-corrected chi connectivity index (χ4v) is 5.81. The van der Waals surface area contributed by atoms with Gasteiger partial charge in [-0.05, 0) is 59.0 Å². The lowest BCUT2D eigenvalue weighted by atomic mass is 9.68. The number of allylic oxidation sites excluding steroid dienone is 2. The molecule has 5 nitrogen and oxygen atoms in total. The number of benzene rings is 2. The standard InChI is InChI=1S/C27H27N3O2/c1-27(2)23-13-19(29-7-9-30(10-8-29)20-15-32-16-20)4-6-22(23)26(31)25-21-5-3-17(14-28)11-18(21)12-24(25)27/h3-6,11,13,20H,7-10,12,15-16H2,1-2H3. The van der Waals surface area contributed by atoms with E-state index in [1.165, 1.54) is 11.3 Å². The third-order valence-electron chi connectivity index (χ3n) is 7.89. The van der Waals surface area contributed by atoms with E-state index in [0.717, 1.165) is 73.6 Å². The van der Waals surface area contributed by atoms with Crippen molar-refractivity contribution in [3.63, 3.8) is 0 Å². The molecule has 4 aliphatic rings. The van der Waals surface area contributed by atoms with Gasteiger partial charge in [0.2, 0.25) is 0 Å². The third kappa shape index (κ3) is 2.80. The van der Waals surface area contributed by atoms with Gasteiger partial charge in [0.25, 0.3) is 0 Å². The second-order valence-corrected chi connectivity index (χ2v) is 9.91. The molecule has 162 valence electrons. The Bertz CT molecular complexity index is 1210. The number of carbonyl (C=O) groups excluding carboxylic acids is 1. The van der Waals surface area contributed by atoms with E-state index in [9.17, 15) is 10.1 Å². The van der Waals surface area contributed by atoms with E-state index in [1.807, 2.05) is 24.3 Å². The molecule has 0 saturated carbocycles. The van der Waals surface area contributed by atoms with Gasteiger partial charge in [0.05, 0.1) is 30.9 Å². The van der Waals surface area contributed by atoms with Crippen molar-refractivity contribution in [1.29, 1.82) is 5.26 Å². The van der Waals surface area contributed by atoms with Crippen molar-refractivity contribution in [2.75, 3.05) is 44.3 Å². The number of rotatable bonds is 2. The molecular weight excluding hydrogens is 398 g/mol. The lowest BCUT2D eigenvalue weighted by molar-refractivity contribution is -0.0660. The predicted octanol–water partition coefficient (Wildman–Crippen LogP) is 3.56. The number of carbonyl (C=O) groups is 1. The van der Waals surface area contributed by atoms with Crippen LogP contribution in [-0.4, -0.2) is 56.1 Å². The molecule has 0 radical (unpaired) electrons. The van der Waals surface area contributed by atoms with E-state index in [1.54, 1.807) is 0 Å². The van der Waals surface area contributed by atoms with Crippen molar-refractivity contribution < 1.29 is 9.53 Å². The molecule has 2 fully saturated rings. The van der Waals surface area contributed by atoms with Crippen LogP contribution in [-0.2, 0) is 16.6 Å². The van der Waals surface area contributed by atoms with Gasteiger partial charge in [-0.15, -0.1) is 0 Å². The highest BCUT2D eigenvalue weighted by atomic mass is 16.5. The highest BCUT2D eigenvalue weighted by molar-refractivity contribution is 6.33. The summed E-state index contributed by atoms with van der Waals surface area (Å²) in [6.45, 7) is 10.3. The SMILES string of the molecule is CC1(C)C2=C(C(=O)c3ccc(N4CCN(C5COC5)CC4)cc31)c1ccc(C#N)cc1C2. The molecule has 2 heterocycles. The largest absolute Gasteiger partial charge is 0.378 e. The summed E-state index contributed by atoms with van der Waals surface area (Å²) >= 11 is 0. The topological polar surface area (TPSA) is 56.6 Å². The summed E-state index contributed by atoms with van der Waals surface area (Å²) in [4.78, 5) is 18.6. The molecule has 0 spiro atoms. The Balaban J connectivity index is 1.32. The fourth-order valence-electron chi connectivity index (χ4n) is 5.81. The van der Waals surface area contributed by atoms with E-state index in [4.69, 9.17) is 4.74 Å². The molecule has 6 rings (SSSR count). The molecule has 5 heteroatoms. The molecule has 2 aliphatic carbocycles. The number of hydrogen-bond acceptors (Lipinski definition) is 5. The second-order valence-electron chi connectivity index (χ2n) is 9.91. The normalized spacial score (nSPS) is 22.2. The van der Waals surface area contributed by atoms with Gasteiger partial charge in [0.15, 0.2) is 5.78 Å². The zero-order valence-electron chi connectivity index (χ0n) is 18.6. The Morgan fingerprint density at radius 1 is 1.03 bits per heavy atom. The van der Waals surface area contributed by atoms with Crippen LogP contribution in [0, 0.1) is 11.3 Å². The first-order valence-corrected chi connectivity index (χ1v) is 11.5. The number of nitrogens with zero attached hydrogens (tertiary/aromatic N) is 3. The molecule has 0 unspecified atom stereocenters. The lowest BCUT2D eigenvalue weighted by Crippen LogP contribution is -2.56. The van der Waals surface area contributed by atoms with Crippen LogP contribution in [0.15, 0.2) is 42.0 Å². The van der Waals surface area contributed by atoms with Gasteiger partial charge >= 0.3 is 0 Å². The molecule has 2 saturated heterocycles. The van der Waals surface area contributed by atoms with Crippen LogP contribution < -0.4 is 4.90 Å². The number of ether oxygens (including phenoxy) is 1. The number of hydrogen-bond donors (Lipinski definition) is 0. The molecular formula is C27H27N3O2. The molecule has 0 amide bonds. The Kier molecular flexibility index (Phi) is 4.33. The molecule has 0 atom stereocenters. The van der Waals surface area contributed by atoms with Gasteiger partial charge in [-0.3, -0.25) is 9.69 Å². The van der Waals surface area contributed by atoms with Gasteiger partial charge in [0.1, 0.15) is 0 Å². The second kappa shape index (κ2) is 7.03. The average Bonchev–Trinajstić information content (AvgIpc) is 3.17. The maximum atomic E-state index is 13.6. The van der Waals surface area contributed by atoms with Gasteiger partial charge in [-0.2, -0.15) is 5.26 Å². The molecule has 0 N–H and O–H groups in total. The van der Waals surface area contributed by atoms with Crippen LogP contribution in [0.25, 0.3) is 5.57 Å². The zero-order chi connectivity index (χ0) is 22.0. The van der Waals surface area contributed by atoms with E-state index in [2.05, 4.69) is 41.8 Å². The van der Waals surface area contributed by atoms with E-state index in [-0.39, 0.29) is 11.2 Å². The summed E-state index contributed by atoms with van der Waals surface area (Å²) in [5.41, 5.74) is 7.72. The monoisotopic (exact) mass is 425 g/mol. The summed E-state index contributed by atoms with van der Waals surface area (Å²) in [6.07, 6.45) is 0.741. The smallest absolute Gasteiger partial charge is 0.193 e. The summed E-state index contributed by atoms with van der Waals surface area (Å²) in [5.74, 6) is 0.124. The maximum Gasteiger partial charge on any atom is 0.193 e. The predicted molar refractivity (Wildman–Crippen MR) is 124 cm³/mol. The minimum Gasteiger partial charge on any atom is -0.378 e. The maximum absolute atomic E-state index is 13.6. The van der Waals surface area contributed by atoms with Crippen molar-refractivity contribution in [3.05, 3.63) is 69.8 Å². The Labute approximate surface area is 188 Å². The molecule has 0 aromatic heterocycles. The van der Waals surface area contributed by atoms with Crippen LogP contribution >= 0.6 is 0 Å². The fraction of sp³-hybridized carbons (Fsp3) is 0.407. The third-order valence-corrected chi connectivity index (χ3v) is 7.89. The number of piperazine rings is 1. The van der Waals surface area contributed by atoms with Crippen molar-refractivity contribution in [1.82, 2.24) is 4.90 Å². The molecule has 2 aromatic carbocycles. The number of nitriles is 1. The van der Waals surface area contributed by atoms with Crippen LogP contribution in [0.1, 0.15) is 46.5 Å². The Morgan fingerprint density at radius 2 is 1.78 bits per heavy atom. The van der Waals surface area contributed by atoms with Gasteiger partial charge in [-0.25, -0.2) is 0 Å². The summed E-state index contributed by atoms with van der Waals surface area (Å²) in [5, 5.41) is 9.30. The Morgan fingerprint density at radius 3 is 2.47 bits per heavy atom. The van der Waals surface area contributed by atoms with Crippen LogP contribution in [0.3, 0.4) is 0 Å². The molecule has 2 aromatic rings. The van der Waals surface area contributed by atoms with Crippen LogP contribution in [0.4, 0.5) is 5.69 Å². The van der Waals surface area contributed by atoms with Gasteiger partial charge in [0, 0.05) is 48.4 Å². The number of Topliss-reactive ketones (excluding diaryl/α,β-unsaturated/α-hetero) is 1. The number of fused-ring (bicyclic) bond motifs is 3. The highest BCUT2D eigenvalue weighted by Crippen LogP contribution is 2.50.